The third-order valence-electron chi connectivity index (χ3n) is 1.26. The SMILES string of the molecule is COc1cnc(C(=O)O)cc1Br. The zero-order valence-corrected chi connectivity index (χ0v) is 7.83. The number of carboxylic acid groups (broad SMARTS) is 1. The molecule has 1 aromatic rings. The third kappa shape index (κ3) is 1.73. The highest BCUT2D eigenvalue weighted by atomic mass is 79.9. The minimum atomic E-state index is -1.06. The quantitative estimate of drug-likeness (QED) is 0.840. The average Bonchev–Trinajstić information content (AvgIpc) is 2.04. The minimum absolute atomic E-state index is 0.0114. The van der Waals surface area contributed by atoms with E-state index in [1.165, 1.54) is 19.4 Å². The number of methoxy groups -OCH3 is 1. The van der Waals surface area contributed by atoms with Crippen LogP contribution >= 0.6 is 15.9 Å². The molecule has 0 spiro atoms. The topological polar surface area (TPSA) is 59.4 Å². The summed E-state index contributed by atoms with van der Waals surface area (Å²) in [6.07, 6.45) is 1.35. The van der Waals surface area contributed by atoms with Gasteiger partial charge in [-0.2, -0.15) is 0 Å². The van der Waals surface area contributed by atoms with E-state index in [0.29, 0.717) is 10.2 Å². The van der Waals surface area contributed by atoms with E-state index in [-0.39, 0.29) is 5.69 Å². The highest BCUT2D eigenvalue weighted by molar-refractivity contribution is 9.10. The van der Waals surface area contributed by atoms with Gasteiger partial charge in [0, 0.05) is 0 Å². The van der Waals surface area contributed by atoms with Crippen LogP contribution in [0, 0.1) is 0 Å². The van der Waals surface area contributed by atoms with Gasteiger partial charge in [0.05, 0.1) is 17.8 Å². The van der Waals surface area contributed by atoms with Crippen molar-refractivity contribution in [1.82, 2.24) is 4.98 Å². The van der Waals surface area contributed by atoms with E-state index in [9.17, 15) is 4.79 Å². The van der Waals surface area contributed by atoms with E-state index in [0.717, 1.165) is 0 Å². The van der Waals surface area contributed by atoms with E-state index < -0.39 is 5.97 Å². The number of hydrogen-bond acceptors (Lipinski definition) is 3. The normalized spacial score (nSPS) is 9.50. The summed E-state index contributed by atoms with van der Waals surface area (Å²) in [7, 11) is 1.49. The lowest BCUT2D eigenvalue weighted by Gasteiger charge is -2.01. The fraction of sp³-hybridized carbons (Fsp3) is 0.143. The first kappa shape index (κ1) is 8.99. The fourth-order valence-electron chi connectivity index (χ4n) is 0.685. The molecule has 5 heteroatoms. The number of halogens is 1. The second kappa shape index (κ2) is 3.53. The van der Waals surface area contributed by atoms with Gasteiger partial charge in [-0.25, -0.2) is 9.78 Å². The molecule has 0 fully saturated rings. The lowest BCUT2D eigenvalue weighted by molar-refractivity contribution is 0.0690. The Kier molecular flexibility index (Phi) is 2.65. The molecule has 0 aliphatic rings. The minimum Gasteiger partial charge on any atom is -0.494 e. The van der Waals surface area contributed by atoms with Gasteiger partial charge in [-0.15, -0.1) is 0 Å². The first-order chi connectivity index (χ1) is 5.65. The molecule has 4 nitrogen and oxygen atoms in total. The van der Waals surface area contributed by atoms with Crippen LogP contribution in [0.15, 0.2) is 16.7 Å². The summed E-state index contributed by atoms with van der Waals surface area (Å²) >= 11 is 3.15. The second-order valence-corrected chi connectivity index (χ2v) is 2.86. The standard InChI is InChI=1S/C7H6BrNO3/c1-12-6-3-9-5(7(10)11)2-4(6)8/h2-3H,1H3,(H,10,11). The van der Waals surface area contributed by atoms with Crippen LogP contribution in [-0.4, -0.2) is 23.2 Å². The number of nitrogens with zero attached hydrogens (tertiary/aromatic N) is 1. The van der Waals surface area contributed by atoms with Crippen LogP contribution in [-0.2, 0) is 0 Å². The van der Waals surface area contributed by atoms with Crippen LogP contribution in [0.4, 0.5) is 0 Å². The van der Waals surface area contributed by atoms with E-state index in [2.05, 4.69) is 20.9 Å². The predicted octanol–water partition coefficient (Wildman–Crippen LogP) is 1.55. The van der Waals surface area contributed by atoms with Gasteiger partial charge in [0.1, 0.15) is 5.69 Å². The molecule has 1 N–H and O–H groups in total. The van der Waals surface area contributed by atoms with Gasteiger partial charge in [0.25, 0.3) is 0 Å². The van der Waals surface area contributed by atoms with Gasteiger partial charge in [-0.05, 0) is 22.0 Å². The molecule has 0 aliphatic heterocycles. The van der Waals surface area contributed by atoms with Crippen molar-refractivity contribution in [2.75, 3.05) is 7.11 Å². The van der Waals surface area contributed by atoms with Crippen molar-refractivity contribution in [1.29, 1.82) is 0 Å². The molecule has 0 saturated carbocycles. The Bertz CT molecular complexity index is 314. The second-order valence-electron chi connectivity index (χ2n) is 2.01. The van der Waals surface area contributed by atoms with E-state index >= 15 is 0 Å². The number of aromatic carboxylic acids is 1. The first-order valence-electron chi connectivity index (χ1n) is 3.08. The molecule has 0 atom stereocenters. The largest absolute Gasteiger partial charge is 0.494 e. The lowest BCUT2D eigenvalue weighted by Crippen LogP contribution is -2.00. The number of carboxylic acids is 1. The van der Waals surface area contributed by atoms with E-state index in [1.54, 1.807) is 0 Å². The number of aromatic nitrogens is 1. The molecule has 1 rings (SSSR count). The summed E-state index contributed by atoms with van der Waals surface area (Å²) in [5.41, 5.74) is -0.0114. The number of rotatable bonds is 2. The Morgan fingerprint density at radius 3 is 2.83 bits per heavy atom. The fourth-order valence-corrected chi connectivity index (χ4v) is 1.17. The zero-order valence-electron chi connectivity index (χ0n) is 6.24. The molecule has 0 bridgehead atoms. The summed E-state index contributed by atoms with van der Waals surface area (Å²) in [6, 6.07) is 1.39. The van der Waals surface area contributed by atoms with Crippen LogP contribution in [0.2, 0.25) is 0 Å². The molecule has 64 valence electrons. The van der Waals surface area contributed by atoms with Crippen molar-refractivity contribution < 1.29 is 14.6 Å². The van der Waals surface area contributed by atoms with Crippen LogP contribution in [0.5, 0.6) is 5.75 Å². The number of carbonyl (C=O) groups is 1. The Hall–Kier alpha value is -1.10. The van der Waals surface area contributed by atoms with Gasteiger partial charge in [0.2, 0.25) is 0 Å². The molecule has 1 heterocycles. The Morgan fingerprint density at radius 2 is 2.42 bits per heavy atom. The number of ether oxygens (including phenoxy) is 1. The molecule has 1 aromatic heterocycles. The van der Waals surface area contributed by atoms with Crippen molar-refractivity contribution in [3.8, 4) is 5.75 Å². The first-order valence-corrected chi connectivity index (χ1v) is 3.87. The van der Waals surface area contributed by atoms with E-state index in [4.69, 9.17) is 9.84 Å². The monoisotopic (exact) mass is 231 g/mol. The summed E-state index contributed by atoms with van der Waals surface area (Å²) in [5.74, 6) is -0.543. The summed E-state index contributed by atoms with van der Waals surface area (Å²) < 4.78 is 5.46. The maximum absolute atomic E-state index is 10.4. The highest BCUT2D eigenvalue weighted by Gasteiger charge is 2.07. The Labute approximate surface area is 77.3 Å². The van der Waals surface area contributed by atoms with Crippen molar-refractivity contribution in [2.45, 2.75) is 0 Å². The van der Waals surface area contributed by atoms with Crippen molar-refractivity contribution in [2.24, 2.45) is 0 Å². The molecule has 0 amide bonds. The molecular formula is C7H6BrNO3. The Morgan fingerprint density at radius 1 is 1.75 bits per heavy atom. The van der Waals surface area contributed by atoms with E-state index in [1.807, 2.05) is 0 Å². The van der Waals surface area contributed by atoms with Gasteiger partial charge >= 0.3 is 5.97 Å². The van der Waals surface area contributed by atoms with Crippen LogP contribution in [0.25, 0.3) is 0 Å². The maximum atomic E-state index is 10.4. The lowest BCUT2D eigenvalue weighted by atomic mass is 10.3. The smallest absolute Gasteiger partial charge is 0.354 e. The van der Waals surface area contributed by atoms with Crippen molar-refractivity contribution in [3.05, 3.63) is 22.4 Å². The Balaban J connectivity index is 3.10. The average molecular weight is 232 g/mol. The van der Waals surface area contributed by atoms with Crippen LogP contribution < -0.4 is 4.74 Å². The summed E-state index contributed by atoms with van der Waals surface area (Å²) in [5, 5.41) is 8.55. The molecule has 0 radical (unpaired) electrons. The summed E-state index contributed by atoms with van der Waals surface area (Å²) in [4.78, 5) is 14.1. The molecule has 0 saturated heterocycles. The zero-order chi connectivity index (χ0) is 9.14. The molecular weight excluding hydrogens is 226 g/mol. The van der Waals surface area contributed by atoms with Gasteiger partial charge < -0.3 is 9.84 Å². The molecule has 0 aromatic carbocycles. The number of hydrogen-bond donors (Lipinski definition) is 1. The van der Waals surface area contributed by atoms with Crippen molar-refractivity contribution in [3.63, 3.8) is 0 Å². The van der Waals surface area contributed by atoms with Gasteiger partial charge in [-0.3, -0.25) is 0 Å². The highest BCUT2D eigenvalue weighted by Crippen LogP contribution is 2.23. The third-order valence-corrected chi connectivity index (χ3v) is 1.88. The van der Waals surface area contributed by atoms with Gasteiger partial charge in [0.15, 0.2) is 5.75 Å². The molecule has 0 unspecified atom stereocenters. The van der Waals surface area contributed by atoms with Crippen LogP contribution in [0.1, 0.15) is 10.5 Å². The maximum Gasteiger partial charge on any atom is 0.354 e. The van der Waals surface area contributed by atoms with Crippen molar-refractivity contribution >= 4 is 21.9 Å². The molecule has 0 aliphatic carbocycles. The van der Waals surface area contributed by atoms with Crippen LogP contribution in [0.3, 0.4) is 0 Å². The number of pyridine rings is 1. The summed E-state index contributed by atoms with van der Waals surface area (Å²) in [6.45, 7) is 0. The predicted molar refractivity (Wildman–Crippen MR) is 45.4 cm³/mol. The molecule has 12 heavy (non-hydrogen) atoms. The van der Waals surface area contributed by atoms with Gasteiger partial charge in [-0.1, -0.05) is 0 Å².